The third-order valence-corrected chi connectivity index (χ3v) is 5.36. The molecule has 0 saturated heterocycles. The van der Waals surface area contributed by atoms with E-state index in [9.17, 15) is 9.90 Å². The number of hydrogen-bond donors (Lipinski definition) is 1. The van der Waals surface area contributed by atoms with Crippen molar-refractivity contribution in [3.63, 3.8) is 0 Å². The molecule has 0 unspecified atom stereocenters. The van der Waals surface area contributed by atoms with Crippen molar-refractivity contribution in [2.75, 3.05) is 0 Å². The maximum absolute atomic E-state index is 11.4. The molecule has 0 radical (unpaired) electrons. The molecule has 4 saturated carbocycles. The molecule has 100 valence electrons. The van der Waals surface area contributed by atoms with E-state index in [0.717, 1.165) is 37.0 Å². The first-order chi connectivity index (χ1) is 9.16. The molecule has 1 aromatic heterocycles. The lowest BCUT2D eigenvalue weighted by Gasteiger charge is -2.56. The molecule has 0 amide bonds. The molecule has 0 aromatic carbocycles. The first kappa shape index (κ1) is 11.3. The van der Waals surface area contributed by atoms with Gasteiger partial charge in [0.1, 0.15) is 12.0 Å². The molecule has 4 aliphatic rings. The van der Waals surface area contributed by atoms with Crippen molar-refractivity contribution in [3.8, 4) is 0 Å². The Kier molecular flexibility index (Phi) is 2.23. The highest BCUT2D eigenvalue weighted by Gasteiger charge is 2.53. The average Bonchev–Trinajstić information content (AvgIpc) is 2.37. The van der Waals surface area contributed by atoms with Gasteiger partial charge in [-0.05, 0) is 56.3 Å². The molecule has 5 heteroatoms. The molecule has 1 heterocycles. The van der Waals surface area contributed by atoms with Crippen LogP contribution in [-0.4, -0.2) is 26.3 Å². The van der Waals surface area contributed by atoms with Crippen LogP contribution in [-0.2, 0) is 5.41 Å². The van der Waals surface area contributed by atoms with Gasteiger partial charge in [-0.15, -0.1) is 5.10 Å². The lowest BCUT2D eigenvalue weighted by Crippen LogP contribution is -2.49. The van der Waals surface area contributed by atoms with Crippen molar-refractivity contribution in [1.29, 1.82) is 0 Å². The number of aromatic carboxylic acids is 1. The summed E-state index contributed by atoms with van der Waals surface area (Å²) in [5.74, 6) is 1.31. The average molecular weight is 259 g/mol. The number of carboxylic acids is 1. The van der Waals surface area contributed by atoms with Gasteiger partial charge in [-0.1, -0.05) is 0 Å². The quantitative estimate of drug-likeness (QED) is 0.879. The number of carbonyl (C=O) groups is 1. The fourth-order valence-electron chi connectivity index (χ4n) is 5.19. The summed E-state index contributed by atoms with van der Waals surface area (Å²) in [7, 11) is 0. The molecule has 5 nitrogen and oxygen atoms in total. The minimum Gasteiger partial charge on any atom is -0.476 e. The second-order valence-electron chi connectivity index (χ2n) is 6.66. The molecule has 4 bridgehead atoms. The molecule has 0 atom stereocenters. The Balaban J connectivity index is 1.82. The number of carboxylic acid groups (broad SMARTS) is 1. The Labute approximate surface area is 111 Å². The van der Waals surface area contributed by atoms with Gasteiger partial charge in [-0.25, -0.2) is 9.78 Å². The van der Waals surface area contributed by atoms with Crippen LogP contribution in [0.25, 0.3) is 0 Å². The van der Waals surface area contributed by atoms with E-state index in [1.165, 1.54) is 25.6 Å². The van der Waals surface area contributed by atoms with Crippen LogP contribution in [0.2, 0.25) is 0 Å². The van der Waals surface area contributed by atoms with E-state index in [1.54, 1.807) is 0 Å². The van der Waals surface area contributed by atoms with Crippen molar-refractivity contribution in [2.45, 2.75) is 43.9 Å². The summed E-state index contributed by atoms with van der Waals surface area (Å²) >= 11 is 0. The van der Waals surface area contributed by atoms with E-state index >= 15 is 0 Å². The third kappa shape index (κ3) is 1.60. The van der Waals surface area contributed by atoms with Gasteiger partial charge >= 0.3 is 5.97 Å². The third-order valence-electron chi connectivity index (χ3n) is 5.36. The summed E-state index contributed by atoms with van der Waals surface area (Å²) < 4.78 is 0. The maximum Gasteiger partial charge on any atom is 0.356 e. The molecule has 1 N–H and O–H groups in total. The van der Waals surface area contributed by atoms with Crippen LogP contribution in [0, 0.1) is 17.8 Å². The molecule has 4 fully saturated rings. The predicted molar refractivity (Wildman–Crippen MR) is 66.6 cm³/mol. The highest BCUT2D eigenvalue weighted by molar-refractivity contribution is 5.86. The Morgan fingerprint density at radius 1 is 1.16 bits per heavy atom. The molecular weight excluding hydrogens is 242 g/mol. The lowest BCUT2D eigenvalue weighted by molar-refractivity contribution is -0.00856. The molecule has 19 heavy (non-hydrogen) atoms. The van der Waals surface area contributed by atoms with Crippen molar-refractivity contribution in [2.24, 2.45) is 17.8 Å². The number of rotatable bonds is 2. The SMILES string of the molecule is O=C(O)c1ncnnc1C12CC3CC(CC(C3)C1)C2. The smallest absolute Gasteiger partial charge is 0.356 e. The van der Waals surface area contributed by atoms with E-state index in [4.69, 9.17) is 0 Å². The summed E-state index contributed by atoms with van der Waals surface area (Å²) in [6.45, 7) is 0. The zero-order valence-electron chi connectivity index (χ0n) is 10.7. The van der Waals surface area contributed by atoms with Gasteiger partial charge in [-0.2, -0.15) is 5.10 Å². The van der Waals surface area contributed by atoms with Gasteiger partial charge in [0.25, 0.3) is 0 Å². The summed E-state index contributed by atoms with van der Waals surface area (Å²) in [4.78, 5) is 15.3. The van der Waals surface area contributed by atoms with Crippen LogP contribution >= 0.6 is 0 Å². The summed E-state index contributed by atoms with van der Waals surface area (Å²) in [6, 6.07) is 0. The Bertz CT molecular complexity index is 508. The zero-order chi connectivity index (χ0) is 13.0. The zero-order valence-corrected chi connectivity index (χ0v) is 10.7. The van der Waals surface area contributed by atoms with Crippen molar-refractivity contribution < 1.29 is 9.90 Å². The Hall–Kier alpha value is -1.52. The number of aromatic nitrogens is 3. The van der Waals surface area contributed by atoms with Gasteiger partial charge in [-0.3, -0.25) is 0 Å². The first-order valence-electron chi connectivity index (χ1n) is 7.08. The van der Waals surface area contributed by atoms with E-state index < -0.39 is 5.97 Å². The minimum atomic E-state index is -0.972. The van der Waals surface area contributed by atoms with E-state index in [-0.39, 0.29) is 11.1 Å². The van der Waals surface area contributed by atoms with Crippen LogP contribution in [0.3, 0.4) is 0 Å². The largest absolute Gasteiger partial charge is 0.476 e. The molecular formula is C14H17N3O2. The molecule has 0 aliphatic heterocycles. The van der Waals surface area contributed by atoms with Crippen molar-refractivity contribution >= 4 is 5.97 Å². The summed E-state index contributed by atoms with van der Waals surface area (Å²) in [5.41, 5.74) is 0.725. The Morgan fingerprint density at radius 2 is 1.74 bits per heavy atom. The van der Waals surface area contributed by atoms with Gasteiger partial charge in [0, 0.05) is 5.41 Å². The Morgan fingerprint density at radius 3 is 2.26 bits per heavy atom. The fraction of sp³-hybridized carbons (Fsp3) is 0.714. The van der Waals surface area contributed by atoms with E-state index in [1.807, 2.05) is 0 Å². The van der Waals surface area contributed by atoms with Gasteiger partial charge in [0.05, 0.1) is 0 Å². The lowest BCUT2D eigenvalue weighted by atomic mass is 9.48. The molecule has 4 aliphatic carbocycles. The number of hydrogen-bond acceptors (Lipinski definition) is 4. The second-order valence-corrected chi connectivity index (χ2v) is 6.66. The monoisotopic (exact) mass is 259 g/mol. The van der Waals surface area contributed by atoms with Crippen LogP contribution in [0.4, 0.5) is 0 Å². The van der Waals surface area contributed by atoms with E-state index in [0.29, 0.717) is 5.69 Å². The minimum absolute atomic E-state index is 0.0519. The predicted octanol–water partition coefficient (Wildman–Crippen LogP) is 2.04. The summed E-state index contributed by atoms with van der Waals surface area (Å²) in [5, 5.41) is 17.4. The normalized spacial score (nSPS) is 39.5. The van der Waals surface area contributed by atoms with Crippen molar-refractivity contribution in [3.05, 3.63) is 17.7 Å². The number of nitrogens with zero attached hydrogens (tertiary/aromatic N) is 3. The highest BCUT2D eigenvalue weighted by Crippen LogP contribution is 2.60. The van der Waals surface area contributed by atoms with Crippen LogP contribution in [0.15, 0.2) is 6.33 Å². The van der Waals surface area contributed by atoms with Gasteiger partial charge in [0.2, 0.25) is 0 Å². The van der Waals surface area contributed by atoms with Crippen LogP contribution in [0.1, 0.15) is 54.7 Å². The van der Waals surface area contributed by atoms with Crippen LogP contribution in [0.5, 0.6) is 0 Å². The van der Waals surface area contributed by atoms with Crippen molar-refractivity contribution in [1.82, 2.24) is 15.2 Å². The molecule has 0 spiro atoms. The summed E-state index contributed by atoms with van der Waals surface area (Å²) in [6.07, 6.45) is 8.48. The first-order valence-corrected chi connectivity index (χ1v) is 7.08. The van der Waals surface area contributed by atoms with Crippen LogP contribution < -0.4 is 0 Å². The second kappa shape index (κ2) is 3.74. The van der Waals surface area contributed by atoms with E-state index in [2.05, 4.69) is 15.2 Å². The molecule has 5 rings (SSSR count). The maximum atomic E-state index is 11.4. The topological polar surface area (TPSA) is 76.0 Å². The standard InChI is InChI=1S/C14H17N3O2/c18-13(19)11-12(17-16-7-15-11)14-4-8-1-9(5-14)3-10(2-8)6-14/h7-10H,1-6H2,(H,18,19). The highest BCUT2D eigenvalue weighted by atomic mass is 16.4. The van der Waals surface area contributed by atoms with Gasteiger partial charge < -0.3 is 5.11 Å². The van der Waals surface area contributed by atoms with Gasteiger partial charge in [0.15, 0.2) is 5.69 Å². The molecule has 1 aromatic rings. The fourth-order valence-corrected chi connectivity index (χ4v) is 5.19.